The normalized spacial score (nSPS) is 10.9. The van der Waals surface area contributed by atoms with Crippen molar-refractivity contribution in [3.63, 3.8) is 0 Å². The Morgan fingerprint density at radius 1 is 0.614 bits per heavy atom. The van der Waals surface area contributed by atoms with Crippen molar-refractivity contribution in [1.82, 2.24) is 39.0 Å². The first-order valence-corrected chi connectivity index (χ1v) is 13.3. The van der Waals surface area contributed by atoms with E-state index >= 15 is 0 Å². The van der Waals surface area contributed by atoms with Crippen LogP contribution in [-0.2, 0) is 51.2 Å². The number of fused-ring (bicyclic) bond motifs is 2. The van der Waals surface area contributed by atoms with Gasteiger partial charge in [0.05, 0.1) is 51.5 Å². The molecule has 0 aliphatic heterocycles. The van der Waals surface area contributed by atoms with Gasteiger partial charge in [-0.2, -0.15) is 9.97 Å². The Hall–Kier alpha value is -5.42. The molecule has 0 saturated carbocycles. The minimum atomic E-state index is -0.394. The van der Waals surface area contributed by atoms with E-state index < -0.39 is 23.9 Å². The highest BCUT2D eigenvalue weighted by atomic mass is 16.6. The highest BCUT2D eigenvalue weighted by Gasteiger charge is 2.17. The number of nitrogen functional groups attached to an aromatic ring is 2. The molecule has 44 heavy (non-hydrogen) atoms. The van der Waals surface area contributed by atoms with Crippen LogP contribution >= 0.6 is 0 Å². The summed E-state index contributed by atoms with van der Waals surface area (Å²) in [4.78, 5) is 68.2. The maximum absolute atomic E-state index is 11.0. The van der Waals surface area contributed by atoms with Crippen LogP contribution in [0.2, 0.25) is 0 Å². The lowest BCUT2D eigenvalue weighted by molar-refractivity contribution is -0.148. The minimum absolute atomic E-state index is 0.128. The highest BCUT2D eigenvalue weighted by molar-refractivity contribution is 5.71. The van der Waals surface area contributed by atoms with E-state index in [-0.39, 0.29) is 50.2 Å². The van der Waals surface area contributed by atoms with Gasteiger partial charge in [-0.25, -0.2) is 19.9 Å². The Bertz CT molecular complexity index is 1450. The van der Waals surface area contributed by atoms with Crippen molar-refractivity contribution in [1.29, 1.82) is 0 Å². The second kappa shape index (κ2) is 15.7. The molecule has 4 N–H and O–H groups in total. The molecule has 0 aliphatic carbocycles. The van der Waals surface area contributed by atoms with E-state index in [1.807, 2.05) is 0 Å². The van der Waals surface area contributed by atoms with E-state index in [0.29, 0.717) is 35.4 Å². The molecule has 236 valence electrons. The van der Waals surface area contributed by atoms with E-state index in [1.165, 1.54) is 40.1 Å². The van der Waals surface area contributed by atoms with E-state index in [4.69, 9.17) is 30.4 Å². The van der Waals surface area contributed by atoms with Crippen molar-refractivity contribution in [2.24, 2.45) is 11.8 Å². The summed E-state index contributed by atoms with van der Waals surface area (Å²) in [5.41, 5.74) is 13.5. The second-order valence-electron chi connectivity index (χ2n) is 9.61. The molecule has 0 aromatic carbocycles. The van der Waals surface area contributed by atoms with Crippen molar-refractivity contribution in [3.05, 3.63) is 25.0 Å². The Labute approximate surface area is 251 Å². The third-order valence-electron chi connectivity index (χ3n) is 5.75. The van der Waals surface area contributed by atoms with Crippen LogP contribution < -0.4 is 11.5 Å². The van der Waals surface area contributed by atoms with Crippen LogP contribution in [-0.4, -0.2) is 89.3 Å². The SMILES string of the molecule is CC(=O)OCC(COC(C)=O)Cn1cnc2cnc(N)nc21.CC(=O)OCC(COC(C)=O)Cn1cnc2cnc(N)nc21. The lowest BCUT2D eigenvalue weighted by atomic mass is 10.2. The number of nitrogens with two attached hydrogens (primary N) is 2. The van der Waals surface area contributed by atoms with Crippen molar-refractivity contribution >= 4 is 58.1 Å². The molecule has 18 heteroatoms. The molecule has 0 radical (unpaired) electrons. The Morgan fingerprint density at radius 3 is 1.23 bits per heavy atom. The number of rotatable bonds is 12. The van der Waals surface area contributed by atoms with Gasteiger partial charge in [0.2, 0.25) is 11.9 Å². The summed E-state index contributed by atoms with van der Waals surface area (Å²) in [6, 6.07) is 0. The van der Waals surface area contributed by atoms with Gasteiger partial charge in [0.1, 0.15) is 11.0 Å². The van der Waals surface area contributed by atoms with E-state index in [2.05, 4.69) is 29.9 Å². The van der Waals surface area contributed by atoms with Crippen LogP contribution in [0.5, 0.6) is 0 Å². The van der Waals surface area contributed by atoms with Gasteiger partial charge in [0.15, 0.2) is 11.3 Å². The molecular weight excluding hydrogens is 580 g/mol. The summed E-state index contributed by atoms with van der Waals surface area (Å²) in [6.45, 7) is 6.62. The van der Waals surface area contributed by atoms with Crippen molar-refractivity contribution in [2.45, 2.75) is 40.8 Å². The minimum Gasteiger partial charge on any atom is -0.465 e. The molecule has 0 spiro atoms. The molecule has 0 fully saturated rings. The fraction of sp³-hybridized carbons (Fsp3) is 0.462. The Morgan fingerprint density at radius 2 is 0.932 bits per heavy atom. The first kappa shape index (κ1) is 33.1. The lowest BCUT2D eigenvalue weighted by Crippen LogP contribution is -2.24. The van der Waals surface area contributed by atoms with Crippen LogP contribution in [0, 0.1) is 11.8 Å². The molecule has 0 saturated heterocycles. The molecule has 4 heterocycles. The lowest BCUT2D eigenvalue weighted by Gasteiger charge is -2.17. The standard InChI is InChI=1S/2C13H17N5O4/c2*1-8(19)21-5-10(6-22-9(2)20)4-18-7-16-11-3-15-13(14)17-12(11)18/h2*3,7,10H,4-6H2,1-2H3,(H2,14,15,17). The first-order chi connectivity index (χ1) is 20.9. The largest absolute Gasteiger partial charge is 0.465 e. The zero-order chi connectivity index (χ0) is 32.2. The summed E-state index contributed by atoms with van der Waals surface area (Å²) < 4.78 is 23.5. The summed E-state index contributed by atoms with van der Waals surface area (Å²) in [7, 11) is 0. The molecule has 18 nitrogen and oxygen atoms in total. The summed E-state index contributed by atoms with van der Waals surface area (Å²) in [5, 5.41) is 0. The quantitative estimate of drug-likeness (QED) is 0.161. The predicted octanol–water partition coefficient (Wildman–Crippen LogP) is 0.302. The van der Waals surface area contributed by atoms with Gasteiger partial charge in [-0.1, -0.05) is 0 Å². The fourth-order valence-electron chi connectivity index (χ4n) is 3.81. The molecule has 0 unspecified atom stereocenters. The summed E-state index contributed by atoms with van der Waals surface area (Å²) in [5.74, 6) is -1.73. The monoisotopic (exact) mass is 614 g/mol. The van der Waals surface area contributed by atoms with Gasteiger partial charge in [-0.3, -0.25) is 19.2 Å². The number of carbonyl (C=O) groups excluding carboxylic acids is 4. The average molecular weight is 615 g/mol. The number of anilines is 2. The second-order valence-corrected chi connectivity index (χ2v) is 9.61. The van der Waals surface area contributed by atoms with Crippen LogP contribution in [0.1, 0.15) is 27.7 Å². The molecule has 0 atom stereocenters. The third-order valence-corrected chi connectivity index (χ3v) is 5.75. The fourth-order valence-corrected chi connectivity index (χ4v) is 3.81. The van der Waals surface area contributed by atoms with Gasteiger partial charge < -0.3 is 39.5 Å². The van der Waals surface area contributed by atoms with Crippen LogP contribution in [0.3, 0.4) is 0 Å². The molecule has 4 aromatic rings. The Balaban J connectivity index is 0.000000240. The topological polar surface area (TPSA) is 244 Å². The molecule has 4 rings (SSSR count). The molecule has 0 bridgehead atoms. The molecule has 0 aliphatic rings. The zero-order valence-corrected chi connectivity index (χ0v) is 24.7. The van der Waals surface area contributed by atoms with Gasteiger partial charge in [0.25, 0.3) is 0 Å². The predicted molar refractivity (Wildman–Crippen MR) is 153 cm³/mol. The van der Waals surface area contributed by atoms with Gasteiger partial charge in [-0.15, -0.1) is 0 Å². The van der Waals surface area contributed by atoms with Crippen molar-refractivity contribution in [3.8, 4) is 0 Å². The van der Waals surface area contributed by atoms with Gasteiger partial charge in [0, 0.05) is 52.6 Å². The number of hydrogen-bond donors (Lipinski definition) is 2. The highest BCUT2D eigenvalue weighted by Crippen LogP contribution is 2.15. The maximum Gasteiger partial charge on any atom is 0.302 e. The van der Waals surface area contributed by atoms with Crippen molar-refractivity contribution in [2.75, 3.05) is 37.9 Å². The van der Waals surface area contributed by atoms with E-state index in [1.54, 1.807) is 21.8 Å². The third kappa shape index (κ3) is 10.4. The van der Waals surface area contributed by atoms with Gasteiger partial charge >= 0.3 is 23.9 Å². The molecule has 4 aromatic heterocycles. The first-order valence-electron chi connectivity index (χ1n) is 13.3. The van der Waals surface area contributed by atoms with Crippen LogP contribution in [0.15, 0.2) is 25.0 Å². The number of nitrogens with zero attached hydrogens (tertiary/aromatic N) is 8. The maximum atomic E-state index is 11.0. The summed E-state index contributed by atoms with van der Waals surface area (Å²) >= 11 is 0. The summed E-state index contributed by atoms with van der Waals surface area (Å²) in [6.07, 6.45) is 6.24. The van der Waals surface area contributed by atoms with Crippen molar-refractivity contribution < 1.29 is 38.1 Å². The number of imidazole rings is 2. The smallest absolute Gasteiger partial charge is 0.302 e. The number of ether oxygens (including phenoxy) is 4. The molecular formula is C26H34N10O8. The number of esters is 4. The number of aromatic nitrogens is 8. The van der Waals surface area contributed by atoms with Crippen LogP contribution in [0.4, 0.5) is 11.9 Å². The average Bonchev–Trinajstić information content (AvgIpc) is 3.54. The Kier molecular flexibility index (Phi) is 11.8. The zero-order valence-electron chi connectivity index (χ0n) is 24.7. The van der Waals surface area contributed by atoms with Crippen LogP contribution in [0.25, 0.3) is 22.3 Å². The molecule has 0 amide bonds. The number of hydrogen-bond acceptors (Lipinski definition) is 16. The van der Waals surface area contributed by atoms with E-state index in [0.717, 1.165) is 0 Å². The number of carbonyl (C=O) groups is 4. The van der Waals surface area contributed by atoms with E-state index in [9.17, 15) is 19.2 Å². The van der Waals surface area contributed by atoms with Gasteiger partial charge in [-0.05, 0) is 0 Å².